The average Bonchev–Trinajstić information content (AvgIpc) is 1.81. The van der Waals surface area contributed by atoms with Crippen LogP contribution < -0.4 is 18.5 Å². The van der Waals surface area contributed by atoms with Gasteiger partial charge in [-0.2, -0.15) is 0 Å². The maximum atomic E-state index is 7.75. The van der Waals surface area contributed by atoms with Crippen LogP contribution in [0.3, 0.4) is 0 Å². The van der Waals surface area contributed by atoms with Gasteiger partial charge in [0.25, 0.3) is 0 Å². The molecule has 9 heavy (non-hydrogen) atoms. The summed E-state index contributed by atoms with van der Waals surface area (Å²) in [4.78, 5) is 23.2. The number of hydrogen-bond donors (Lipinski definition) is 3. The molecule has 0 rings (SSSR count). The van der Waals surface area contributed by atoms with E-state index in [-0.39, 0.29) is 18.5 Å². The van der Waals surface area contributed by atoms with E-state index in [4.69, 9.17) is 14.4 Å². The molecule has 0 aromatic rings. The standard InChI is InChI=1S/3CHO.3H3N/c3*1-2;;;/h3*1H;3*1H3/q3*-1;;;/p+3. The lowest BCUT2D eigenvalue weighted by molar-refractivity contribution is 0.573. The van der Waals surface area contributed by atoms with Crippen LogP contribution in [0.4, 0.5) is 0 Å². The summed E-state index contributed by atoms with van der Waals surface area (Å²) in [5, 5.41) is 0. The Morgan fingerprint density at radius 3 is 0.444 bits per heavy atom. The van der Waals surface area contributed by atoms with Crippen molar-refractivity contribution >= 4 is 20.4 Å². The van der Waals surface area contributed by atoms with E-state index in [0.29, 0.717) is 0 Å². The van der Waals surface area contributed by atoms with Crippen molar-refractivity contribution in [3.05, 3.63) is 0 Å². The Balaban J connectivity index is -0.00000000321. The average molecular weight is 141 g/mol. The molecule has 0 saturated heterocycles. The van der Waals surface area contributed by atoms with E-state index < -0.39 is 0 Å². The highest BCUT2D eigenvalue weighted by atomic mass is 16.1. The second kappa shape index (κ2) is 194. The summed E-state index contributed by atoms with van der Waals surface area (Å²) in [6.07, 6.45) is 0. The molecule has 0 amide bonds. The molecule has 0 aliphatic rings. The molecule has 0 aliphatic carbocycles. The van der Waals surface area contributed by atoms with Crippen molar-refractivity contribution in [2.24, 2.45) is 0 Å². The molecular formula is C3H15N3O3. The van der Waals surface area contributed by atoms with Gasteiger partial charge in [0.1, 0.15) is 0 Å². The fraction of sp³-hybridized carbons (Fsp3) is 0. The van der Waals surface area contributed by atoms with Crippen molar-refractivity contribution in [3.8, 4) is 0 Å². The Morgan fingerprint density at radius 1 is 0.444 bits per heavy atom. The molecule has 0 fully saturated rings. The predicted octanol–water partition coefficient (Wildman–Crippen LogP) is 0.306. The summed E-state index contributed by atoms with van der Waals surface area (Å²) in [5.41, 5.74) is 0. The van der Waals surface area contributed by atoms with Crippen LogP contribution in [-0.4, -0.2) is 20.4 Å². The molecule has 6 heteroatoms. The van der Waals surface area contributed by atoms with Gasteiger partial charge in [0, 0.05) is 0 Å². The molecule has 60 valence electrons. The van der Waals surface area contributed by atoms with Crippen molar-refractivity contribution in [2.75, 3.05) is 0 Å². The maximum absolute atomic E-state index is 7.75. The molecule has 0 atom stereocenters. The smallest absolute Gasteiger partial charge is 0.282 e. The monoisotopic (exact) mass is 141 g/mol. The number of quaternary nitrogens is 3. The van der Waals surface area contributed by atoms with E-state index in [1.54, 1.807) is 0 Å². The lowest BCUT2D eigenvalue weighted by Gasteiger charge is -1.13. The highest BCUT2D eigenvalue weighted by molar-refractivity contribution is 5.12. The summed E-state index contributed by atoms with van der Waals surface area (Å²) in [6.45, 7) is 9.75. The topological polar surface area (TPSA) is 161 Å². The minimum absolute atomic E-state index is 0. The fourth-order valence-electron chi connectivity index (χ4n) is 0. The summed E-state index contributed by atoms with van der Waals surface area (Å²) >= 11 is 0. The van der Waals surface area contributed by atoms with Crippen LogP contribution in [0.1, 0.15) is 0 Å². The van der Waals surface area contributed by atoms with Gasteiger partial charge in [-0.3, -0.25) is 20.4 Å². The highest BCUT2D eigenvalue weighted by Crippen LogP contribution is 0.517. The normalized spacial score (nSPS) is 1.33. The van der Waals surface area contributed by atoms with Crippen molar-refractivity contribution < 1.29 is 14.4 Å². The number of rotatable bonds is 0. The van der Waals surface area contributed by atoms with E-state index in [0.717, 1.165) is 0 Å². The van der Waals surface area contributed by atoms with Crippen LogP contribution in [0.15, 0.2) is 0 Å². The Morgan fingerprint density at radius 2 is 0.444 bits per heavy atom. The lowest BCUT2D eigenvalue weighted by Crippen LogP contribution is -0.910. The Bertz CT molecular complexity index is 19.0. The summed E-state index contributed by atoms with van der Waals surface area (Å²) in [7, 11) is 0. The molecule has 0 spiro atoms. The number of hydrogen-bond acceptors (Lipinski definition) is 3. The lowest BCUT2D eigenvalue weighted by atomic mass is 11.9. The van der Waals surface area contributed by atoms with E-state index in [1.807, 2.05) is 0 Å². The van der Waals surface area contributed by atoms with E-state index in [2.05, 4.69) is 20.4 Å². The molecule has 0 aromatic heterocycles. The quantitative estimate of drug-likeness (QED) is 0.327. The first kappa shape index (κ1) is 105. The van der Waals surface area contributed by atoms with Gasteiger partial charge in [-0.1, -0.05) is 0 Å². The first-order valence-electron chi connectivity index (χ1n) is 0.707. The zero-order valence-electron chi connectivity index (χ0n) is 5.96. The van der Waals surface area contributed by atoms with Crippen molar-refractivity contribution in [3.63, 3.8) is 0 Å². The zero-order chi connectivity index (χ0) is 6.00. The first-order valence-corrected chi connectivity index (χ1v) is 0.707. The van der Waals surface area contributed by atoms with E-state index in [9.17, 15) is 0 Å². The minimum atomic E-state index is 0. The first-order chi connectivity index (χ1) is 3.00. The van der Waals surface area contributed by atoms with Crippen molar-refractivity contribution in [1.29, 1.82) is 0 Å². The number of carbonyl (C=O) groups excluding carboxylic acids is 3. The highest BCUT2D eigenvalue weighted by Gasteiger charge is 0.310. The van der Waals surface area contributed by atoms with Gasteiger partial charge in [0.15, 0.2) is 0 Å². The second-order valence-electron chi connectivity index (χ2n) is 0. The zero-order valence-corrected chi connectivity index (χ0v) is 5.96. The molecule has 6 nitrogen and oxygen atoms in total. The van der Waals surface area contributed by atoms with Crippen LogP contribution in [-0.2, 0) is 14.4 Å². The van der Waals surface area contributed by atoms with Gasteiger partial charge in [0.05, 0.1) is 0 Å². The van der Waals surface area contributed by atoms with Gasteiger partial charge in [-0.05, 0) is 0 Å². The SMILES string of the molecule is [CH-]=O.[CH-]=O.[CH-]=O.[NH4+].[NH4+].[NH4+]. The Kier molecular flexibility index (Phi) is 2260. The van der Waals surface area contributed by atoms with Crippen LogP contribution >= 0.6 is 0 Å². The predicted molar refractivity (Wildman–Crippen MR) is 38.2 cm³/mol. The molecule has 0 saturated carbocycles. The van der Waals surface area contributed by atoms with Crippen molar-refractivity contribution in [1.82, 2.24) is 18.5 Å². The molecule has 0 aromatic carbocycles. The van der Waals surface area contributed by atoms with Crippen LogP contribution in [0.2, 0.25) is 0 Å². The summed E-state index contributed by atoms with van der Waals surface area (Å²) in [5.74, 6) is 0. The van der Waals surface area contributed by atoms with Gasteiger partial charge in [0.2, 0.25) is 0 Å². The van der Waals surface area contributed by atoms with Crippen LogP contribution in [0.25, 0.3) is 0 Å². The minimum Gasteiger partial charge on any atom is -0.545 e. The summed E-state index contributed by atoms with van der Waals surface area (Å²) < 4.78 is 0. The Labute approximate surface area is 54.4 Å². The maximum Gasteiger partial charge on any atom is -0.282 e. The molecule has 0 unspecified atom stereocenters. The van der Waals surface area contributed by atoms with Gasteiger partial charge in [-0.15, -0.1) is 0 Å². The third kappa shape index (κ3) is 134. The van der Waals surface area contributed by atoms with Gasteiger partial charge < -0.3 is 32.8 Å². The molecular weight excluding hydrogens is 126 g/mol. The summed E-state index contributed by atoms with van der Waals surface area (Å²) in [6, 6.07) is 0. The van der Waals surface area contributed by atoms with Gasteiger partial charge in [-0.25, -0.2) is 0 Å². The molecule has 12 N–H and O–H groups in total. The molecule has 0 heterocycles. The Hall–Kier alpha value is -1.11. The van der Waals surface area contributed by atoms with Crippen LogP contribution in [0, 0.1) is 0 Å². The third-order valence-electron chi connectivity index (χ3n) is 0. The molecule has 0 aliphatic heterocycles. The third-order valence-corrected chi connectivity index (χ3v) is 0. The van der Waals surface area contributed by atoms with Crippen LogP contribution in [0.5, 0.6) is 0 Å². The second-order valence-corrected chi connectivity index (χ2v) is 0. The largest absolute Gasteiger partial charge is 0.545 e. The van der Waals surface area contributed by atoms with Crippen molar-refractivity contribution in [2.45, 2.75) is 0 Å². The molecule has 0 bridgehead atoms. The van der Waals surface area contributed by atoms with Gasteiger partial charge >= 0.3 is 0 Å². The van der Waals surface area contributed by atoms with E-state index in [1.165, 1.54) is 0 Å². The molecule has 0 radical (unpaired) electrons. The fourth-order valence-corrected chi connectivity index (χ4v) is 0. The van der Waals surface area contributed by atoms with E-state index >= 15 is 0 Å².